The average Bonchev–Trinajstić information content (AvgIpc) is 3.12. The van der Waals surface area contributed by atoms with E-state index in [0.717, 1.165) is 35.6 Å². The van der Waals surface area contributed by atoms with Gasteiger partial charge < -0.3 is 9.42 Å². The molecule has 1 saturated heterocycles. The Hall–Kier alpha value is -2.69. The number of anilines is 1. The molecule has 1 fully saturated rings. The molecule has 2 aromatic heterocycles. The highest BCUT2D eigenvalue weighted by atomic mass is 16.5. The lowest BCUT2D eigenvalue weighted by Gasteiger charge is -2.28. The predicted octanol–water partition coefficient (Wildman–Crippen LogP) is 4.10. The Bertz CT molecular complexity index is 837. The van der Waals surface area contributed by atoms with Crippen molar-refractivity contribution in [2.45, 2.75) is 26.2 Å². The normalized spacial score (nSPS) is 14.8. The lowest BCUT2D eigenvalue weighted by molar-refractivity contribution is 0.432. The number of aryl methyl sites for hydroxylation is 1. The third kappa shape index (κ3) is 2.77. The minimum atomic E-state index is 0.530. The highest BCUT2D eigenvalue weighted by molar-refractivity contribution is 5.71. The number of benzene rings is 1. The van der Waals surface area contributed by atoms with Gasteiger partial charge in [0.1, 0.15) is 5.82 Å². The van der Waals surface area contributed by atoms with Crippen molar-refractivity contribution in [3.63, 3.8) is 0 Å². The summed E-state index contributed by atoms with van der Waals surface area (Å²) in [4.78, 5) is 11.5. The third-order valence-electron chi connectivity index (χ3n) is 4.48. The fraction of sp³-hybridized carbons (Fsp3) is 0.316. The number of pyridine rings is 1. The van der Waals surface area contributed by atoms with Crippen LogP contribution >= 0.6 is 0 Å². The van der Waals surface area contributed by atoms with Crippen molar-refractivity contribution >= 4 is 5.82 Å². The van der Waals surface area contributed by atoms with Gasteiger partial charge in [0.2, 0.25) is 5.82 Å². The first-order valence-corrected chi connectivity index (χ1v) is 8.43. The van der Waals surface area contributed by atoms with Gasteiger partial charge in [-0.05, 0) is 43.9 Å². The van der Waals surface area contributed by atoms with E-state index in [1.807, 2.05) is 36.5 Å². The molecule has 5 heteroatoms. The lowest BCUT2D eigenvalue weighted by atomic mass is 10.1. The van der Waals surface area contributed by atoms with E-state index in [0.29, 0.717) is 11.7 Å². The first-order chi connectivity index (χ1) is 11.8. The van der Waals surface area contributed by atoms with Gasteiger partial charge in [-0.1, -0.05) is 29.4 Å². The molecule has 0 bridgehead atoms. The highest BCUT2D eigenvalue weighted by Crippen LogP contribution is 2.31. The molecular weight excluding hydrogens is 300 g/mol. The molecule has 3 heterocycles. The van der Waals surface area contributed by atoms with Crippen molar-refractivity contribution < 1.29 is 4.52 Å². The molecule has 0 N–H and O–H groups in total. The molecule has 1 aliphatic heterocycles. The lowest BCUT2D eigenvalue weighted by Crippen LogP contribution is -2.30. The summed E-state index contributed by atoms with van der Waals surface area (Å²) in [6, 6.07) is 12.0. The van der Waals surface area contributed by atoms with Gasteiger partial charge in [0.25, 0.3) is 5.89 Å². The highest BCUT2D eigenvalue weighted by Gasteiger charge is 2.20. The quantitative estimate of drug-likeness (QED) is 0.727. The maximum Gasteiger partial charge on any atom is 0.261 e. The maximum absolute atomic E-state index is 5.56. The zero-order chi connectivity index (χ0) is 16.4. The fourth-order valence-corrected chi connectivity index (χ4v) is 3.19. The zero-order valence-electron chi connectivity index (χ0n) is 13.8. The van der Waals surface area contributed by atoms with Crippen LogP contribution in [-0.4, -0.2) is 28.2 Å². The van der Waals surface area contributed by atoms with Gasteiger partial charge in [-0.2, -0.15) is 4.98 Å². The van der Waals surface area contributed by atoms with Crippen molar-refractivity contribution in [3.05, 3.63) is 48.2 Å². The molecule has 1 aromatic carbocycles. The molecule has 122 valence electrons. The van der Waals surface area contributed by atoms with Gasteiger partial charge in [-0.25, -0.2) is 4.98 Å². The monoisotopic (exact) mass is 320 g/mol. The molecule has 4 rings (SSSR count). The molecule has 0 radical (unpaired) electrons. The molecular formula is C19H20N4O. The summed E-state index contributed by atoms with van der Waals surface area (Å²) < 4.78 is 5.56. The summed E-state index contributed by atoms with van der Waals surface area (Å²) in [7, 11) is 0. The largest absolute Gasteiger partial charge is 0.356 e. The average molecular weight is 320 g/mol. The molecule has 0 amide bonds. The van der Waals surface area contributed by atoms with Crippen LogP contribution in [0.15, 0.2) is 47.1 Å². The Morgan fingerprint density at radius 2 is 1.75 bits per heavy atom. The van der Waals surface area contributed by atoms with Crippen molar-refractivity contribution in [2.75, 3.05) is 18.0 Å². The van der Waals surface area contributed by atoms with Crippen LogP contribution in [0.1, 0.15) is 24.8 Å². The van der Waals surface area contributed by atoms with Crippen LogP contribution in [0.5, 0.6) is 0 Å². The fourth-order valence-electron chi connectivity index (χ4n) is 3.19. The van der Waals surface area contributed by atoms with Gasteiger partial charge in [0, 0.05) is 24.8 Å². The van der Waals surface area contributed by atoms with E-state index >= 15 is 0 Å². The number of hydrogen-bond donors (Lipinski definition) is 0. The van der Waals surface area contributed by atoms with Crippen molar-refractivity contribution in [2.24, 2.45) is 0 Å². The van der Waals surface area contributed by atoms with E-state index in [-0.39, 0.29) is 0 Å². The van der Waals surface area contributed by atoms with Crippen molar-refractivity contribution in [1.82, 2.24) is 15.1 Å². The Balaban J connectivity index is 1.71. The van der Waals surface area contributed by atoms with Gasteiger partial charge >= 0.3 is 0 Å². The number of piperidine rings is 1. The molecule has 0 atom stereocenters. The summed E-state index contributed by atoms with van der Waals surface area (Å²) in [5.41, 5.74) is 3.04. The van der Waals surface area contributed by atoms with E-state index < -0.39 is 0 Å². The maximum atomic E-state index is 5.56. The standard InChI is InChI=1S/C19H20N4O/c1-14-8-3-4-9-15(14)17-21-19(24-22-17)16-10-7-11-20-18(16)23-12-5-2-6-13-23/h3-4,7-11H,2,5-6,12-13H2,1H3. The van der Waals surface area contributed by atoms with Crippen LogP contribution in [0, 0.1) is 6.92 Å². The van der Waals surface area contributed by atoms with Crippen molar-refractivity contribution in [1.29, 1.82) is 0 Å². The van der Waals surface area contributed by atoms with E-state index in [2.05, 4.69) is 33.0 Å². The minimum Gasteiger partial charge on any atom is -0.356 e. The minimum absolute atomic E-state index is 0.530. The van der Waals surface area contributed by atoms with E-state index in [1.54, 1.807) is 0 Å². The summed E-state index contributed by atoms with van der Waals surface area (Å²) >= 11 is 0. The van der Waals surface area contributed by atoms with Gasteiger partial charge in [0.05, 0.1) is 5.56 Å². The Labute approximate surface area is 141 Å². The second kappa shape index (κ2) is 6.43. The smallest absolute Gasteiger partial charge is 0.261 e. The Morgan fingerprint density at radius 3 is 2.58 bits per heavy atom. The topological polar surface area (TPSA) is 55.1 Å². The molecule has 0 aliphatic carbocycles. The van der Waals surface area contributed by atoms with E-state index in [9.17, 15) is 0 Å². The van der Waals surface area contributed by atoms with Gasteiger partial charge in [-0.3, -0.25) is 0 Å². The molecule has 1 aliphatic rings. The van der Waals surface area contributed by atoms with Crippen molar-refractivity contribution in [3.8, 4) is 22.8 Å². The first kappa shape index (κ1) is 14.9. The first-order valence-electron chi connectivity index (χ1n) is 8.43. The van der Waals surface area contributed by atoms with Crippen LogP contribution < -0.4 is 4.90 Å². The number of aromatic nitrogens is 3. The Kier molecular flexibility index (Phi) is 3.99. The summed E-state index contributed by atoms with van der Waals surface area (Å²) in [5, 5.41) is 4.18. The summed E-state index contributed by atoms with van der Waals surface area (Å²) in [5.74, 6) is 2.09. The second-order valence-corrected chi connectivity index (χ2v) is 6.16. The number of rotatable bonds is 3. The SMILES string of the molecule is Cc1ccccc1-c1noc(-c2cccnc2N2CCCCC2)n1. The van der Waals surface area contributed by atoms with Crippen LogP contribution in [0.25, 0.3) is 22.8 Å². The molecule has 24 heavy (non-hydrogen) atoms. The summed E-state index contributed by atoms with van der Waals surface area (Å²) in [6.07, 6.45) is 5.52. The number of nitrogens with zero attached hydrogens (tertiary/aromatic N) is 4. The van der Waals surface area contributed by atoms with Gasteiger partial charge in [-0.15, -0.1) is 0 Å². The molecule has 0 unspecified atom stereocenters. The third-order valence-corrected chi connectivity index (χ3v) is 4.48. The zero-order valence-corrected chi connectivity index (χ0v) is 13.8. The van der Waals surface area contributed by atoms with Crippen LogP contribution in [0.4, 0.5) is 5.82 Å². The summed E-state index contributed by atoms with van der Waals surface area (Å²) in [6.45, 7) is 4.11. The predicted molar refractivity (Wildman–Crippen MR) is 93.8 cm³/mol. The van der Waals surface area contributed by atoms with Crippen LogP contribution in [-0.2, 0) is 0 Å². The molecule has 3 aromatic rings. The van der Waals surface area contributed by atoms with Crippen LogP contribution in [0.2, 0.25) is 0 Å². The second-order valence-electron chi connectivity index (χ2n) is 6.16. The molecule has 0 spiro atoms. The molecule has 0 saturated carbocycles. The van der Waals surface area contributed by atoms with Crippen LogP contribution in [0.3, 0.4) is 0 Å². The Morgan fingerprint density at radius 1 is 0.958 bits per heavy atom. The van der Waals surface area contributed by atoms with Gasteiger partial charge in [0.15, 0.2) is 0 Å². The van der Waals surface area contributed by atoms with E-state index in [4.69, 9.17) is 4.52 Å². The van der Waals surface area contributed by atoms with E-state index in [1.165, 1.54) is 19.3 Å². The number of hydrogen-bond acceptors (Lipinski definition) is 5. The molecule has 5 nitrogen and oxygen atoms in total.